The Morgan fingerprint density at radius 3 is 3.00 bits per heavy atom. The Balaban J connectivity index is 2.49. The number of piperidine rings is 1. The second-order valence-corrected chi connectivity index (χ2v) is 3.56. The average molecular weight is 199 g/mol. The summed E-state index contributed by atoms with van der Waals surface area (Å²) in [5.41, 5.74) is 0. The number of ether oxygens (including phenoxy) is 1. The number of hydrogen-bond acceptors (Lipinski definition) is 3. The summed E-state index contributed by atoms with van der Waals surface area (Å²) in [6.07, 6.45) is 5.09. The molecule has 0 bridgehead atoms. The number of aldehydes is 1. The van der Waals surface area contributed by atoms with Crippen LogP contribution in [0.3, 0.4) is 0 Å². The van der Waals surface area contributed by atoms with Gasteiger partial charge in [-0.2, -0.15) is 0 Å². The van der Waals surface area contributed by atoms with Crippen LogP contribution >= 0.6 is 0 Å². The van der Waals surface area contributed by atoms with E-state index in [4.69, 9.17) is 4.74 Å². The van der Waals surface area contributed by atoms with Gasteiger partial charge in [-0.05, 0) is 25.7 Å². The highest BCUT2D eigenvalue weighted by Crippen LogP contribution is 2.20. The fourth-order valence-corrected chi connectivity index (χ4v) is 1.92. The molecule has 0 aromatic rings. The summed E-state index contributed by atoms with van der Waals surface area (Å²) in [7, 11) is 1.40. The van der Waals surface area contributed by atoms with Gasteiger partial charge in [-0.3, -0.25) is 0 Å². The van der Waals surface area contributed by atoms with Gasteiger partial charge in [0.15, 0.2) is 0 Å². The molecular formula is C10H17NO3. The van der Waals surface area contributed by atoms with Crippen LogP contribution in [0.5, 0.6) is 0 Å². The van der Waals surface area contributed by atoms with Crippen LogP contribution in [0.15, 0.2) is 0 Å². The second-order valence-electron chi connectivity index (χ2n) is 3.56. The zero-order valence-corrected chi connectivity index (χ0v) is 8.57. The summed E-state index contributed by atoms with van der Waals surface area (Å²) in [4.78, 5) is 23.4. The molecule has 1 amide bonds. The monoisotopic (exact) mass is 199 g/mol. The predicted octanol–water partition coefficient (Wildman–Crippen LogP) is 1.59. The van der Waals surface area contributed by atoms with E-state index in [0.717, 1.165) is 38.5 Å². The molecule has 4 heteroatoms. The standard InChI is InChI=1S/C10H17NO3/c1-14-10(13)11-7-3-2-5-9(11)6-4-8-12/h8-9H,2-7H2,1H3. The second kappa shape index (κ2) is 5.62. The summed E-state index contributed by atoms with van der Waals surface area (Å²) in [6, 6.07) is 0.196. The van der Waals surface area contributed by atoms with Crippen LogP contribution < -0.4 is 0 Å². The predicted molar refractivity (Wildman–Crippen MR) is 52.0 cm³/mol. The molecule has 1 aliphatic rings. The largest absolute Gasteiger partial charge is 0.453 e. The highest BCUT2D eigenvalue weighted by atomic mass is 16.5. The van der Waals surface area contributed by atoms with Crippen LogP contribution in [-0.2, 0) is 9.53 Å². The third-order valence-corrected chi connectivity index (χ3v) is 2.65. The SMILES string of the molecule is COC(=O)N1CCCCC1CCC=O. The normalized spacial score (nSPS) is 21.8. The Hall–Kier alpha value is -1.06. The zero-order chi connectivity index (χ0) is 10.4. The number of amides is 1. The van der Waals surface area contributed by atoms with E-state index in [2.05, 4.69) is 0 Å². The van der Waals surface area contributed by atoms with Crippen molar-refractivity contribution in [3.8, 4) is 0 Å². The summed E-state index contributed by atoms with van der Waals surface area (Å²) >= 11 is 0. The Kier molecular flexibility index (Phi) is 4.43. The van der Waals surface area contributed by atoms with E-state index >= 15 is 0 Å². The third kappa shape index (κ3) is 2.72. The molecule has 1 atom stereocenters. The van der Waals surface area contributed by atoms with Gasteiger partial charge in [-0.25, -0.2) is 4.79 Å². The Morgan fingerprint density at radius 1 is 1.57 bits per heavy atom. The van der Waals surface area contributed by atoms with Crippen LogP contribution in [0.25, 0.3) is 0 Å². The first-order valence-electron chi connectivity index (χ1n) is 5.07. The first-order chi connectivity index (χ1) is 6.79. The number of carbonyl (C=O) groups excluding carboxylic acids is 2. The lowest BCUT2D eigenvalue weighted by Crippen LogP contribution is -2.43. The lowest BCUT2D eigenvalue weighted by molar-refractivity contribution is -0.108. The Bertz CT molecular complexity index is 206. The molecular weight excluding hydrogens is 182 g/mol. The van der Waals surface area contributed by atoms with Crippen molar-refractivity contribution >= 4 is 12.4 Å². The molecule has 0 saturated carbocycles. The first kappa shape index (κ1) is 11.0. The fraction of sp³-hybridized carbons (Fsp3) is 0.800. The molecule has 1 fully saturated rings. The van der Waals surface area contributed by atoms with Crippen LogP contribution in [-0.4, -0.2) is 37.0 Å². The minimum Gasteiger partial charge on any atom is -0.453 e. The van der Waals surface area contributed by atoms with Crippen molar-refractivity contribution in [2.24, 2.45) is 0 Å². The highest BCUT2D eigenvalue weighted by molar-refractivity contribution is 5.68. The highest BCUT2D eigenvalue weighted by Gasteiger charge is 2.26. The van der Waals surface area contributed by atoms with Crippen LogP contribution in [0, 0.1) is 0 Å². The lowest BCUT2D eigenvalue weighted by Gasteiger charge is -2.34. The van der Waals surface area contributed by atoms with E-state index in [-0.39, 0.29) is 12.1 Å². The van der Waals surface area contributed by atoms with Gasteiger partial charge in [0.05, 0.1) is 7.11 Å². The molecule has 14 heavy (non-hydrogen) atoms. The number of likely N-dealkylation sites (tertiary alicyclic amines) is 1. The molecule has 0 radical (unpaired) electrons. The van der Waals surface area contributed by atoms with Gasteiger partial charge in [0, 0.05) is 19.0 Å². The van der Waals surface area contributed by atoms with Crippen molar-refractivity contribution in [2.45, 2.75) is 38.1 Å². The molecule has 1 heterocycles. The summed E-state index contributed by atoms with van der Waals surface area (Å²) < 4.78 is 4.70. The zero-order valence-electron chi connectivity index (χ0n) is 8.57. The van der Waals surface area contributed by atoms with E-state index in [1.165, 1.54) is 7.11 Å². The molecule has 0 spiro atoms. The number of rotatable bonds is 3. The first-order valence-corrected chi connectivity index (χ1v) is 5.07. The molecule has 1 saturated heterocycles. The number of nitrogens with zero attached hydrogens (tertiary/aromatic N) is 1. The van der Waals surface area contributed by atoms with Crippen LogP contribution in [0.2, 0.25) is 0 Å². The molecule has 0 N–H and O–H groups in total. The minimum atomic E-state index is -0.263. The fourth-order valence-electron chi connectivity index (χ4n) is 1.92. The maximum atomic E-state index is 11.4. The van der Waals surface area contributed by atoms with E-state index in [0.29, 0.717) is 6.42 Å². The molecule has 0 aliphatic carbocycles. The molecule has 0 aromatic carbocycles. The van der Waals surface area contributed by atoms with Crippen LogP contribution in [0.1, 0.15) is 32.1 Å². The molecule has 80 valence electrons. The van der Waals surface area contributed by atoms with Crippen molar-refractivity contribution < 1.29 is 14.3 Å². The maximum absolute atomic E-state index is 11.4. The minimum absolute atomic E-state index is 0.196. The molecule has 0 aromatic heterocycles. The Labute approximate surface area is 84.2 Å². The molecule has 1 unspecified atom stereocenters. The van der Waals surface area contributed by atoms with Gasteiger partial charge in [0.2, 0.25) is 0 Å². The van der Waals surface area contributed by atoms with Gasteiger partial charge in [0.25, 0.3) is 0 Å². The smallest absolute Gasteiger partial charge is 0.409 e. The summed E-state index contributed by atoms with van der Waals surface area (Å²) in [5.74, 6) is 0. The summed E-state index contributed by atoms with van der Waals surface area (Å²) in [5, 5.41) is 0. The van der Waals surface area contributed by atoms with E-state index in [1.807, 2.05) is 0 Å². The lowest BCUT2D eigenvalue weighted by atomic mass is 9.99. The van der Waals surface area contributed by atoms with Crippen molar-refractivity contribution in [3.05, 3.63) is 0 Å². The van der Waals surface area contributed by atoms with E-state index in [9.17, 15) is 9.59 Å². The number of carbonyl (C=O) groups is 2. The Morgan fingerprint density at radius 2 is 2.36 bits per heavy atom. The van der Waals surface area contributed by atoms with Gasteiger partial charge in [0.1, 0.15) is 6.29 Å². The average Bonchev–Trinajstić information content (AvgIpc) is 2.25. The number of methoxy groups -OCH3 is 1. The van der Waals surface area contributed by atoms with Crippen LogP contribution in [0.4, 0.5) is 4.79 Å². The van der Waals surface area contributed by atoms with Gasteiger partial charge in [-0.1, -0.05) is 0 Å². The third-order valence-electron chi connectivity index (χ3n) is 2.65. The maximum Gasteiger partial charge on any atom is 0.409 e. The van der Waals surface area contributed by atoms with E-state index in [1.54, 1.807) is 4.90 Å². The molecule has 1 rings (SSSR count). The van der Waals surface area contributed by atoms with Gasteiger partial charge in [-0.15, -0.1) is 0 Å². The van der Waals surface area contributed by atoms with Crippen molar-refractivity contribution in [2.75, 3.05) is 13.7 Å². The topological polar surface area (TPSA) is 46.6 Å². The molecule has 1 aliphatic heterocycles. The van der Waals surface area contributed by atoms with Crippen molar-refractivity contribution in [3.63, 3.8) is 0 Å². The van der Waals surface area contributed by atoms with E-state index < -0.39 is 0 Å². The van der Waals surface area contributed by atoms with Crippen molar-refractivity contribution in [1.29, 1.82) is 0 Å². The molecule has 4 nitrogen and oxygen atoms in total. The van der Waals surface area contributed by atoms with Gasteiger partial charge >= 0.3 is 6.09 Å². The number of hydrogen-bond donors (Lipinski definition) is 0. The van der Waals surface area contributed by atoms with Gasteiger partial charge < -0.3 is 14.4 Å². The quantitative estimate of drug-likeness (QED) is 0.648. The summed E-state index contributed by atoms with van der Waals surface area (Å²) in [6.45, 7) is 0.760. The van der Waals surface area contributed by atoms with Crippen molar-refractivity contribution in [1.82, 2.24) is 4.90 Å².